The fourth-order valence-corrected chi connectivity index (χ4v) is 3.10. The highest BCUT2D eigenvalue weighted by Gasteiger charge is 2.20. The lowest BCUT2D eigenvalue weighted by Gasteiger charge is -2.18. The number of anilines is 1. The average molecular weight is 335 g/mol. The van der Waals surface area contributed by atoms with Crippen LogP contribution in [0.1, 0.15) is 28.3 Å². The molecule has 0 saturated heterocycles. The van der Waals surface area contributed by atoms with Crippen LogP contribution in [0.2, 0.25) is 0 Å². The van der Waals surface area contributed by atoms with Gasteiger partial charge in [-0.15, -0.1) is 0 Å². The zero-order valence-electron chi connectivity index (χ0n) is 14.3. The predicted molar refractivity (Wildman–Crippen MR) is 98.3 cm³/mol. The molecule has 4 heteroatoms. The number of nitrogens with two attached hydrogens (primary N) is 1. The first-order valence-electron chi connectivity index (χ1n) is 8.30. The van der Waals surface area contributed by atoms with Gasteiger partial charge < -0.3 is 9.84 Å². The summed E-state index contributed by atoms with van der Waals surface area (Å²) in [6.45, 7) is -0.0598. The molecule has 1 heterocycles. The van der Waals surface area contributed by atoms with Gasteiger partial charge >= 0.3 is 0 Å². The van der Waals surface area contributed by atoms with E-state index in [1.165, 1.54) is 5.56 Å². The van der Waals surface area contributed by atoms with Crippen LogP contribution >= 0.6 is 0 Å². The smallest absolute Gasteiger partial charge is 0.270 e. The molecular weight excluding hydrogens is 312 g/mol. The Hall–Kier alpha value is -2.85. The molecule has 3 rings (SSSR count). The Bertz CT molecular complexity index is 834. The number of hydrogen-bond donors (Lipinski definition) is 2. The third-order valence-electron chi connectivity index (χ3n) is 4.38. The summed E-state index contributed by atoms with van der Waals surface area (Å²) in [5.41, 5.74) is 10.1. The highest BCUT2D eigenvalue weighted by molar-refractivity contribution is 5.41. The fraction of sp³-hybridized carbons (Fsp3) is 0.190. The molecule has 0 radical (unpaired) electrons. The van der Waals surface area contributed by atoms with Gasteiger partial charge in [-0.05, 0) is 35.7 Å². The quantitative estimate of drug-likeness (QED) is 0.727. The maximum absolute atomic E-state index is 9.65. The molecule has 0 fully saturated rings. The number of H-pyrrole nitrogens is 1. The van der Waals surface area contributed by atoms with Crippen LogP contribution in [-0.4, -0.2) is 12.2 Å². The summed E-state index contributed by atoms with van der Waals surface area (Å²) in [5.74, 6) is 1.43. The summed E-state index contributed by atoms with van der Waals surface area (Å²) >= 11 is 0. The van der Waals surface area contributed by atoms with E-state index in [4.69, 9.17) is 10.5 Å². The molecule has 0 aliphatic carbocycles. The van der Waals surface area contributed by atoms with E-state index in [0.717, 1.165) is 23.2 Å². The maximum Gasteiger partial charge on any atom is 0.270 e. The highest BCUT2D eigenvalue weighted by Crippen LogP contribution is 2.30. The largest absolute Gasteiger partial charge is 0.496 e. The van der Waals surface area contributed by atoms with E-state index < -0.39 is 0 Å². The van der Waals surface area contributed by atoms with Crippen molar-refractivity contribution in [3.63, 3.8) is 0 Å². The maximum atomic E-state index is 9.65. The van der Waals surface area contributed by atoms with Crippen molar-refractivity contribution in [3.05, 3.63) is 89.1 Å². The van der Waals surface area contributed by atoms with Crippen molar-refractivity contribution in [2.75, 3.05) is 12.8 Å². The van der Waals surface area contributed by atoms with E-state index in [9.17, 15) is 5.11 Å². The molecular formula is C21H23N2O2+. The Morgan fingerprint density at radius 3 is 2.52 bits per heavy atom. The third-order valence-corrected chi connectivity index (χ3v) is 4.38. The Morgan fingerprint density at radius 2 is 1.84 bits per heavy atom. The minimum absolute atomic E-state index is 0.0598. The van der Waals surface area contributed by atoms with E-state index in [1.807, 2.05) is 54.6 Å². The number of hydrogen-bond acceptors (Lipinski definition) is 3. The number of aliphatic hydroxyl groups is 1. The molecule has 1 unspecified atom stereocenters. The van der Waals surface area contributed by atoms with Crippen LogP contribution < -0.4 is 15.5 Å². The van der Waals surface area contributed by atoms with Crippen molar-refractivity contribution in [1.29, 1.82) is 0 Å². The SMILES string of the molecule is COc1ccc(C(Cc2ccccc2)c2cccc(N)[nH+]2)cc1CO. The molecule has 0 aliphatic rings. The number of benzene rings is 2. The van der Waals surface area contributed by atoms with Gasteiger partial charge in [-0.3, -0.25) is 5.73 Å². The summed E-state index contributed by atoms with van der Waals surface area (Å²) in [4.78, 5) is 3.28. The van der Waals surface area contributed by atoms with Crippen LogP contribution in [0, 0.1) is 0 Å². The van der Waals surface area contributed by atoms with Crippen molar-refractivity contribution in [2.24, 2.45) is 0 Å². The average Bonchev–Trinajstić information content (AvgIpc) is 2.66. The lowest BCUT2D eigenvalue weighted by Crippen LogP contribution is -2.21. The number of nitrogens with one attached hydrogen (secondary N) is 1. The molecule has 4 nitrogen and oxygen atoms in total. The second-order valence-corrected chi connectivity index (χ2v) is 6.03. The molecule has 4 N–H and O–H groups in total. The summed E-state index contributed by atoms with van der Waals surface area (Å²) in [6.07, 6.45) is 0.831. The van der Waals surface area contributed by atoms with Gasteiger partial charge in [0, 0.05) is 17.5 Å². The van der Waals surface area contributed by atoms with Crippen molar-refractivity contribution >= 4 is 5.82 Å². The van der Waals surface area contributed by atoms with Gasteiger partial charge in [0.25, 0.3) is 5.82 Å². The van der Waals surface area contributed by atoms with Crippen LogP contribution in [-0.2, 0) is 13.0 Å². The molecule has 1 aromatic heterocycles. The Balaban J connectivity index is 2.04. The van der Waals surface area contributed by atoms with Crippen molar-refractivity contribution < 1.29 is 14.8 Å². The van der Waals surface area contributed by atoms with Gasteiger partial charge in [0.05, 0.1) is 13.7 Å². The van der Waals surface area contributed by atoms with Gasteiger partial charge in [-0.2, -0.15) is 0 Å². The molecule has 1 atom stereocenters. The van der Waals surface area contributed by atoms with E-state index in [2.05, 4.69) is 17.1 Å². The first-order chi connectivity index (χ1) is 12.2. The molecule has 25 heavy (non-hydrogen) atoms. The summed E-state index contributed by atoms with van der Waals surface area (Å²) in [6, 6.07) is 22.1. The fourth-order valence-electron chi connectivity index (χ4n) is 3.10. The van der Waals surface area contributed by atoms with E-state index in [1.54, 1.807) is 7.11 Å². The minimum atomic E-state index is -0.0598. The van der Waals surface area contributed by atoms with Crippen LogP contribution in [0.25, 0.3) is 0 Å². The number of aliphatic hydroxyl groups excluding tert-OH is 1. The molecule has 0 aliphatic heterocycles. The number of aromatic nitrogens is 1. The predicted octanol–water partition coefficient (Wildman–Crippen LogP) is 2.96. The van der Waals surface area contributed by atoms with Crippen LogP contribution in [0.15, 0.2) is 66.7 Å². The third kappa shape index (κ3) is 3.98. The number of nitrogen functional groups attached to an aromatic ring is 1. The number of methoxy groups -OCH3 is 1. The highest BCUT2D eigenvalue weighted by atomic mass is 16.5. The monoisotopic (exact) mass is 335 g/mol. The van der Waals surface area contributed by atoms with Gasteiger partial charge in [0.15, 0.2) is 0 Å². The number of pyridine rings is 1. The van der Waals surface area contributed by atoms with Gasteiger partial charge in [0.2, 0.25) is 0 Å². The van der Waals surface area contributed by atoms with E-state index in [-0.39, 0.29) is 12.5 Å². The lowest BCUT2D eigenvalue weighted by molar-refractivity contribution is -0.374. The van der Waals surface area contributed by atoms with E-state index >= 15 is 0 Å². The topological polar surface area (TPSA) is 69.6 Å². The first-order valence-corrected chi connectivity index (χ1v) is 8.30. The second kappa shape index (κ2) is 7.81. The van der Waals surface area contributed by atoms with Gasteiger partial charge in [0.1, 0.15) is 11.4 Å². The Labute approximate surface area is 147 Å². The summed E-state index contributed by atoms with van der Waals surface area (Å²) < 4.78 is 5.33. The van der Waals surface area contributed by atoms with Gasteiger partial charge in [-0.25, -0.2) is 4.98 Å². The summed E-state index contributed by atoms with van der Waals surface area (Å²) in [7, 11) is 1.61. The minimum Gasteiger partial charge on any atom is -0.496 e. The lowest BCUT2D eigenvalue weighted by atomic mass is 9.88. The van der Waals surface area contributed by atoms with Gasteiger partial charge in [-0.1, -0.05) is 42.5 Å². The molecule has 0 amide bonds. The Kier molecular flexibility index (Phi) is 5.31. The van der Waals surface area contributed by atoms with Crippen LogP contribution in [0.5, 0.6) is 5.75 Å². The number of aromatic amines is 1. The molecule has 3 aromatic rings. The molecule has 0 saturated carbocycles. The van der Waals surface area contributed by atoms with Crippen molar-refractivity contribution in [3.8, 4) is 5.75 Å². The normalized spacial score (nSPS) is 11.9. The molecule has 128 valence electrons. The molecule has 0 bridgehead atoms. The Morgan fingerprint density at radius 1 is 1.04 bits per heavy atom. The van der Waals surface area contributed by atoms with Crippen molar-refractivity contribution in [1.82, 2.24) is 0 Å². The van der Waals surface area contributed by atoms with E-state index in [0.29, 0.717) is 11.6 Å². The zero-order valence-corrected chi connectivity index (χ0v) is 14.3. The number of rotatable bonds is 6. The second-order valence-electron chi connectivity index (χ2n) is 6.03. The molecule has 0 spiro atoms. The van der Waals surface area contributed by atoms with Crippen LogP contribution in [0.4, 0.5) is 5.82 Å². The summed E-state index contributed by atoms with van der Waals surface area (Å²) in [5, 5.41) is 9.65. The van der Waals surface area contributed by atoms with Crippen LogP contribution in [0.3, 0.4) is 0 Å². The molecule has 2 aromatic carbocycles. The van der Waals surface area contributed by atoms with Crippen molar-refractivity contribution in [2.45, 2.75) is 18.9 Å². The standard InChI is InChI=1S/C21H22N2O2/c1-25-20-11-10-16(13-17(20)14-24)18(12-15-6-3-2-4-7-15)19-8-5-9-21(22)23-19/h2-11,13,18,24H,12,14H2,1H3,(H2,22,23)/p+1. The zero-order chi connectivity index (χ0) is 17.6. The first kappa shape index (κ1) is 17.0. The number of ether oxygens (including phenoxy) is 1.